The number of hydrogen-bond donors (Lipinski definition) is 3. The molecule has 1 saturated heterocycles. The lowest BCUT2D eigenvalue weighted by Gasteiger charge is -2.74. The van der Waals surface area contributed by atoms with Crippen molar-refractivity contribution in [3.63, 3.8) is 0 Å². The monoisotopic (exact) mass is 615 g/mol. The Morgan fingerprint density at radius 3 is 2.55 bits per heavy atom. The molecule has 0 radical (unpaired) electrons. The van der Waals surface area contributed by atoms with Crippen LogP contribution in [0.25, 0.3) is 0 Å². The summed E-state index contributed by atoms with van der Waals surface area (Å²) in [4.78, 5) is 15.5. The first-order valence-electron chi connectivity index (χ1n) is 16.6. The lowest BCUT2D eigenvalue weighted by molar-refractivity contribution is -0.309. The van der Waals surface area contributed by atoms with Crippen molar-refractivity contribution >= 4 is 6.16 Å². The number of methoxy groups -OCH3 is 1. The number of piperidine rings is 1. The summed E-state index contributed by atoms with van der Waals surface area (Å²) in [5, 5.41) is 31.1. The molecule has 6 aliphatic rings. The summed E-state index contributed by atoms with van der Waals surface area (Å²) in [5.74, 6) is 1.50. The highest BCUT2D eigenvalue weighted by Crippen LogP contribution is 2.76. The molecule has 0 amide bonds. The number of carbonyl (C=O) groups excluding carboxylic acids is 1. The number of aryl methyl sites for hydroxylation is 1. The van der Waals surface area contributed by atoms with E-state index in [2.05, 4.69) is 39.5 Å². The highest BCUT2D eigenvalue weighted by Gasteiger charge is 2.81. The molecule has 8 unspecified atom stereocenters. The van der Waals surface area contributed by atoms with Crippen molar-refractivity contribution in [1.82, 2.24) is 4.90 Å². The summed E-state index contributed by atoms with van der Waals surface area (Å²) < 4.78 is 24.8. The van der Waals surface area contributed by atoms with Gasteiger partial charge in [-0.05, 0) is 94.2 Å². The fraction of sp³-hybridized carbons (Fsp3) is 0.800. The van der Waals surface area contributed by atoms with Gasteiger partial charge in [0, 0.05) is 43.0 Å². The molecule has 246 valence electrons. The Bertz CT molecular complexity index is 1270. The van der Waals surface area contributed by atoms with E-state index in [1.165, 1.54) is 12.8 Å². The van der Waals surface area contributed by atoms with Crippen LogP contribution in [0, 0.1) is 29.6 Å². The quantitative estimate of drug-likeness (QED) is 0.268. The van der Waals surface area contributed by atoms with Crippen LogP contribution < -0.4 is 9.47 Å². The van der Waals surface area contributed by atoms with Crippen LogP contribution in [0.3, 0.4) is 0 Å². The number of benzene rings is 1. The molecular weight excluding hydrogens is 562 g/mol. The van der Waals surface area contributed by atoms with Crippen LogP contribution in [0.15, 0.2) is 12.1 Å². The molecule has 2 aliphatic heterocycles. The third-order valence-corrected chi connectivity index (χ3v) is 12.9. The molecule has 5 fully saturated rings. The van der Waals surface area contributed by atoms with E-state index in [9.17, 15) is 15.0 Å². The van der Waals surface area contributed by atoms with E-state index in [0.29, 0.717) is 11.5 Å². The topological polar surface area (TPSA) is 118 Å². The van der Waals surface area contributed by atoms with Crippen LogP contribution in [0.1, 0.15) is 90.7 Å². The van der Waals surface area contributed by atoms with Crippen molar-refractivity contribution in [2.24, 2.45) is 22.7 Å². The Morgan fingerprint density at radius 1 is 1.18 bits per heavy atom. The Labute approximate surface area is 262 Å². The fourth-order valence-corrected chi connectivity index (χ4v) is 9.78. The molecule has 2 bridgehead atoms. The zero-order valence-electron chi connectivity index (χ0n) is 27.6. The third-order valence-electron chi connectivity index (χ3n) is 12.9. The molecule has 44 heavy (non-hydrogen) atoms. The van der Waals surface area contributed by atoms with Gasteiger partial charge in [-0.1, -0.05) is 26.8 Å². The standard InChI is InChI=1S/C35H53NO8/c1-21-8-11-25(43-30(39)42-17-12-24(38)20-37)28-27(21)34-15-16-36(19-23-9-10-23)22(2)33(34)13-14-35(41-7,29(34)44-28)26(18-33)32(6,40)31(3,4)5/h8,11,22-24,26,29,37-38,40H,9-10,12-20H2,1-7H3. The van der Waals surface area contributed by atoms with Gasteiger partial charge in [0.25, 0.3) is 0 Å². The van der Waals surface area contributed by atoms with Gasteiger partial charge in [0.2, 0.25) is 0 Å². The van der Waals surface area contributed by atoms with E-state index < -0.39 is 35.5 Å². The number of aliphatic hydroxyl groups excluding tert-OH is 2. The molecule has 9 heteroatoms. The molecule has 2 heterocycles. The van der Waals surface area contributed by atoms with Crippen LogP contribution in [0.4, 0.5) is 4.79 Å². The predicted molar refractivity (Wildman–Crippen MR) is 165 cm³/mol. The first-order chi connectivity index (χ1) is 20.7. The maximum absolute atomic E-state index is 12.8. The van der Waals surface area contributed by atoms with Gasteiger partial charge >= 0.3 is 6.16 Å². The molecule has 3 N–H and O–H groups in total. The van der Waals surface area contributed by atoms with Crippen molar-refractivity contribution < 1.29 is 39.1 Å². The Balaban J connectivity index is 1.46. The lowest BCUT2D eigenvalue weighted by atomic mass is 9.35. The summed E-state index contributed by atoms with van der Waals surface area (Å²) in [6, 6.07) is 4.06. The number of fused-ring (bicyclic) bond motifs is 3. The number of hydrogen-bond acceptors (Lipinski definition) is 9. The number of carbonyl (C=O) groups is 1. The molecule has 4 saturated carbocycles. The Kier molecular flexibility index (Phi) is 7.89. The summed E-state index contributed by atoms with van der Waals surface area (Å²) in [6.07, 6.45) is 4.02. The zero-order valence-corrected chi connectivity index (χ0v) is 27.6. The van der Waals surface area contributed by atoms with Crippen molar-refractivity contribution in [2.45, 2.75) is 121 Å². The van der Waals surface area contributed by atoms with Gasteiger partial charge in [0.15, 0.2) is 11.5 Å². The normalized spacial score (nSPS) is 36.5. The Morgan fingerprint density at radius 2 is 1.91 bits per heavy atom. The molecule has 7 rings (SSSR count). The van der Waals surface area contributed by atoms with Crippen molar-refractivity contribution in [1.29, 1.82) is 0 Å². The summed E-state index contributed by atoms with van der Waals surface area (Å²) >= 11 is 0. The van der Waals surface area contributed by atoms with Gasteiger partial charge in [0.05, 0.1) is 24.9 Å². The fourth-order valence-electron chi connectivity index (χ4n) is 9.78. The molecule has 2 spiro atoms. The van der Waals surface area contributed by atoms with Crippen LogP contribution in [-0.2, 0) is 14.9 Å². The minimum absolute atomic E-state index is 0.0736. The summed E-state index contributed by atoms with van der Waals surface area (Å²) in [7, 11) is 1.78. The predicted octanol–water partition coefficient (Wildman–Crippen LogP) is 4.74. The van der Waals surface area contributed by atoms with Crippen molar-refractivity contribution in [3.8, 4) is 11.5 Å². The molecular formula is C35H53NO8. The van der Waals surface area contributed by atoms with Gasteiger partial charge < -0.3 is 34.3 Å². The van der Waals surface area contributed by atoms with Gasteiger partial charge in [-0.15, -0.1) is 0 Å². The van der Waals surface area contributed by atoms with E-state index in [1.807, 2.05) is 13.0 Å². The molecule has 1 aromatic carbocycles. The molecule has 1 aromatic rings. The SMILES string of the molecule is COC12CCC3(CC1C(C)(O)C(C)(C)C)C(C)N(CC1CC1)CCC31c3c(C)ccc(OC(=O)OCCC(O)CO)c3OC21. The van der Waals surface area contributed by atoms with E-state index in [1.54, 1.807) is 13.2 Å². The maximum atomic E-state index is 12.8. The van der Waals surface area contributed by atoms with Gasteiger partial charge in [0.1, 0.15) is 11.7 Å². The minimum atomic E-state index is -1.03. The molecule has 0 aromatic heterocycles. The Hall–Kier alpha value is -1.91. The van der Waals surface area contributed by atoms with Crippen LogP contribution in [0.2, 0.25) is 0 Å². The second-order valence-corrected chi connectivity index (χ2v) is 15.7. The largest absolute Gasteiger partial charge is 0.513 e. The molecule has 8 atom stereocenters. The second-order valence-electron chi connectivity index (χ2n) is 15.7. The van der Waals surface area contributed by atoms with Crippen molar-refractivity contribution in [2.75, 3.05) is 33.4 Å². The highest BCUT2D eigenvalue weighted by molar-refractivity contribution is 5.69. The first kappa shape index (κ1) is 32.0. The maximum Gasteiger partial charge on any atom is 0.513 e. The summed E-state index contributed by atoms with van der Waals surface area (Å²) in [5.41, 5.74) is -0.503. The van der Waals surface area contributed by atoms with Gasteiger partial charge in [-0.25, -0.2) is 4.79 Å². The van der Waals surface area contributed by atoms with E-state index in [0.717, 1.165) is 55.8 Å². The third kappa shape index (κ3) is 4.47. The number of rotatable bonds is 9. The number of likely N-dealkylation sites (tertiary alicyclic amines) is 1. The average Bonchev–Trinajstić information content (AvgIpc) is 3.72. The lowest BCUT2D eigenvalue weighted by Crippen LogP contribution is -2.81. The van der Waals surface area contributed by atoms with E-state index in [-0.39, 0.29) is 41.9 Å². The smallest absolute Gasteiger partial charge is 0.482 e. The van der Waals surface area contributed by atoms with E-state index >= 15 is 0 Å². The number of ether oxygens (including phenoxy) is 4. The summed E-state index contributed by atoms with van der Waals surface area (Å²) in [6.45, 7) is 14.4. The van der Waals surface area contributed by atoms with Crippen LogP contribution in [-0.4, -0.2) is 89.2 Å². The minimum Gasteiger partial charge on any atom is -0.482 e. The molecule has 9 nitrogen and oxygen atoms in total. The number of nitrogens with zero attached hydrogens (tertiary/aromatic N) is 1. The van der Waals surface area contributed by atoms with Crippen LogP contribution in [0.5, 0.6) is 11.5 Å². The van der Waals surface area contributed by atoms with Crippen molar-refractivity contribution in [3.05, 3.63) is 23.3 Å². The first-order valence-corrected chi connectivity index (χ1v) is 16.6. The van der Waals surface area contributed by atoms with Gasteiger partial charge in [-0.2, -0.15) is 0 Å². The zero-order chi connectivity index (χ0) is 31.9. The highest BCUT2D eigenvalue weighted by atomic mass is 16.7. The van der Waals surface area contributed by atoms with Crippen LogP contribution >= 0.6 is 0 Å². The second kappa shape index (κ2) is 10.8. The number of aliphatic hydroxyl groups is 3. The average molecular weight is 616 g/mol. The van der Waals surface area contributed by atoms with E-state index in [4.69, 9.17) is 24.1 Å². The van der Waals surface area contributed by atoms with Gasteiger partial charge in [-0.3, -0.25) is 4.90 Å². The molecule has 4 aliphatic carbocycles.